The Labute approximate surface area is 94.6 Å². The molecule has 2 heteroatoms. The van der Waals surface area contributed by atoms with Crippen molar-refractivity contribution in [2.24, 2.45) is 11.7 Å². The molecule has 0 spiro atoms. The van der Waals surface area contributed by atoms with E-state index in [-0.39, 0.29) is 5.92 Å². The molecular formula is C13H27NO. The van der Waals surface area contributed by atoms with Gasteiger partial charge in [0.25, 0.3) is 0 Å². The second-order valence-electron chi connectivity index (χ2n) is 4.47. The zero-order valence-electron chi connectivity index (χ0n) is 10.4. The minimum absolute atomic E-state index is 0.0603. The van der Waals surface area contributed by atoms with Gasteiger partial charge >= 0.3 is 0 Å². The maximum atomic E-state index is 11.4. The summed E-state index contributed by atoms with van der Waals surface area (Å²) in [5, 5.41) is 0. The minimum Gasteiger partial charge on any atom is -0.330 e. The number of rotatable bonds is 10. The summed E-state index contributed by atoms with van der Waals surface area (Å²) >= 11 is 0. The van der Waals surface area contributed by atoms with E-state index in [9.17, 15) is 4.79 Å². The molecule has 0 fully saturated rings. The Balaban J connectivity index is 3.20. The van der Waals surface area contributed by atoms with Crippen LogP contribution in [0.1, 0.15) is 65.2 Å². The Morgan fingerprint density at radius 3 is 2.13 bits per heavy atom. The van der Waals surface area contributed by atoms with Gasteiger partial charge in [0.15, 0.2) is 0 Å². The molecule has 1 unspecified atom stereocenters. The molecule has 0 radical (unpaired) electrons. The molecular weight excluding hydrogens is 186 g/mol. The summed E-state index contributed by atoms with van der Waals surface area (Å²) in [6.07, 6.45) is 9.59. The van der Waals surface area contributed by atoms with Crippen LogP contribution in [-0.4, -0.2) is 12.3 Å². The van der Waals surface area contributed by atoms with Crippen LogP contribution in [-0.2, 0) is 4.79 Å². The molecule has 0 aromatic heterocycles. The Morgan fingerprint density at radius 2 is 1.60 bits per heavy atom. The molecule has 0 saturated carbocycles. The topological polar surface area (TPSA) is 43.1 Å². The highest BCUT2D eigenvalue weighted by molar-refractivity contribution is 5.80. The Bertz CT molecular complexity index is 157. The molecule has 2 nitrogen and oxygen atoms in total. The third kappa shape index (κ3) is 8.61. The fourth-order valence-electron chi connectivity index (χ4n) is 1.63. The van der Waals surface area contributed by atoms with E-state index in [0.29, 0.717) is 12.3 Å². The van der Waals surface area contributed by atoms with Gasteiger partial charge in [-0.05, 0) is 6.42 Å². The summed E-state index contributed by atoms with van der Waals surface area (Å²) in [6.45, 7) is 4.64. The standard InChI is InChI=1S/C13H27NO/c1-3-4-5-6-7-8-9-10-13(15)12(2)11-14/h12H,3-11,14H2,1-2H3. The molecule has 90 valence electrons. The molecule has 0 rings (SSSR count). The molecule has 15 heavy (non-hydrogen) atoms. The van der Waals surface area contributed by atoms with Crippen molar-refractivity contribution in [2.45, 2.75) is 65.2 Å². The second-order valence-corrected chi connectivity index (χ2v) is 4.47. The monoisotopic (exact) mass is 213 g/mol. The fraction of sp³-hybridized carbons (Fsp3) is 0.923. The number of hydrogen-bond acceptors (Lipinski definition) is 2. The average molecular weight is 213 g/mol. The molecule has 2 N–H and O–H groups in total. The molecule has 1 atom stereocenters. The predicted octanol–water partition coefficient (Wildman–Crippen LogP) is 3.29. The van der Waals surface area contributed by atoms with Crippen LogP contribution in [0.3, 0.4) is 0 Å². The van der Waals surface area contributed by atoms with E-state index in [0.717, 1.165) is 12.8 Å². The van der Waals surface area contributed by atoms with Crippen molar-refractivity contribution in [3.05, 3.63) is 0 Å². The summed E-state index contributed by atoms with van der Waals surface area (Å²) in [7, 11) is 0. The third-order valence-corrected chi connectivity index (χ3v) is 2.93. The van der Waals surface area contributed by atoms with Crippen molar-refractivity contribution < 1.29 is 4.79 Å². The van der Waals surface area contributed by atoms with Gasteiger partial charge in [-0.1, -0.05) is 52.4 Å². The number of hydrogen-bond donors (Lipinski definition) is 1. The Kier molecular flexibility index (Phi) is 9.91. The smallest absolute Gasteiger partial charge is 0.136 e. The SMILES string of the molecule is CCCCCCCCCC(=O)C(C)CN. The van der Waals surface area contributed by atoms with Crippen LogP contribution in [0, 0.1) is 5.92 Å². The van der Waals surface area contributed by atoms with Gasteiger partial charge in [0, 0.05) is 18.9 Å². The first-order valence-corrected chi connectivity index (χ1v) is 6.45. The van der Waals surface area contributed by atoms with Gasteiger partial charge in [-0.15, -0.1) is 0 Å². The van der Waals surface area contributed by atoms with E-state index in [2.05, 4.69) is 6.92 Å². The largest absolute Gasteiger partial charge is 0.330 e. The van der Waals surface area contributed by atoms with Crippen LogP contribution in [0.2, 0.25) is 0 Å². The summed E-state index contributed by atoms with van der Waals surface area (Å²) in [5.41, 5.74) is 5.44. The van der Waals surface area contributed by atoms with E-state index >= 15 is 0 Å². The highest BCUT2D eigenvalue weighted by atomic mass is 16.1. The van der Waals surface area contributed by atoms with Gasteiger partial charge in [0.2, 0.25) is 0 Å². The third-order valence-electron chi connectivity index (χ3n) is 2.93. The second kappa shape index (κ2) is 10.2. The van der Waals surface area contributed by atoms with Gasteiger partial charge < -0.3 is 5.73 Å². The van der Waals surface area contributed by atoms with E-state index in [1.165, 1.54) is 38.5 Å². The number of carbonyl (C=O) groups is 1. The predicted molar refractivity (Wildman–Crippen MR) is 65.8 cm³/mol. The number of ketones is 1. The Morgan fingerprint density at radius 1 is 1.07 bits per heavy atom. The van der Waals surface area contributed by atoms with E-state index in [4.69, 9.17) is 5.73 Å². The van der Waals surface area contributed by atoms with Gasteiger partial charge in [-0.25, -0.2) is 0 Å². The van der Waals surface area contributed by atoms with Crippen LogP contribution >= 0.6 is 0 Å². The van der Waals surface area contributed by atoms with Gasteiger partial charge in [0.1, 0.15) is 5.78 Å². The lowest BCUT2D eigenvalue weighted by Crippen LogP contribution is -2.20. The van der Waals surface area contributed by atoms with Crippen LogP contribution < -0.4 is 5.73 Å². The van der Waals surface area contributed by atoms with E-state index in [1.807, 2.05) is 6.92 Å². The summed E-state index contributed by atoms with van der Waals surface area (Å²) in [5.74, 6) is 0.399. The van der Waals surface area contributed by atoms with Crippen molar-refractivity contribution in [3.8, 4) is 0 Å². The first-order valence-electron chi connectivity index (χ1n) is 6.45. The van der Waals surface area contributed by atoms with Gasteiger partial charge in [-0.2, -0.15) is 0 Å². The van der Waals surface area contributed by atoms with Crippen LogP contribution in [0.5, 0.6) is 0 Å². The molecule has 0 amide bonds. The lowest BCUT2D eigenvalue weighted by molar-refractivity contribution is -0.122. The summed E-state index contributed by atoms with van der Waals surface area (Å²) in [4.78, 5) is 11.4. The zero-order valence-corrected chi connectivity index (χ0v) is 10.4. The molecule has 0 heterocycles. The molecule has 0 aliphatic heterocycles. The van der Waals surface area contributed by atoms with E-state index < -0.39 is 0 Å². The van der Waals surface area contributed by atoms with Crippen LogP contribution in [0.15, 0.2) is 0 Å². The number of Topliss-reactive ketones (excluding diaryl/α,β-unsaturated/α-hetero) is 1. The van der Waals surface area contributed by atoms with Crippen molar-refractivity contribution in [2.75, 3.05) is 6.54 Å². The summed E-state index contributed by atoms with van der Waals surface area (Å²) < 4.78 is 0. The van der Waals surface area contributed by atoms with Crippen molar-refractivity contribution in [1.82, 2.24) is 0 Å². The minimum atomic E-state index is 0.0603. The van der Waals surface area contributed by atoms with Crippen LogP contribution in [0.25, 0.3) is 0 Å². The molecule has 0 aromatic rings. The highest BCUT2D eigenvalue weighted by Crippen LogP contribution is 2.10. The lowest BCUT2D eigenvalue weighted by Gasteiger charge is -2.06. The first kappa shape index (κ1) is 14.6. The van der Waals surface area contributed by atoms with Gasteiger partial charge in [-0.3, -0.25) is 4.79 Å². The average Bonchev–Trinajstić information content (AvgIpc) is 2.26. The normalized spacial score (nSPS) is 12.7. The quantitative estimate of drug-likeness (QED) is 0.566. The van der Waals surface area contributed by atoms with Crippen LogP contribution in [0.4, 0.5) is 0 Å². The van der Waals surface area contributed by atoms with E-state index in [1.54, 1.807) is 0 Å². The number of carbonyl (C=O) groups excluding carboxylic acids is 1. The fourth-order valence-corrected chi connectivity index (χ4v) is 1.63. The molecule has 0 saturated heterocycles. The van der Waals surface area contributed by atoms with Crippen molar-refractivity contribution in [3.63, 3.8) is 0 Å². The summed E-state index contributed by atoms with van der Waals surface area (Å²) in [6, 6.07) is 0. The van der Waals surface area contributed by atoms with Crippen molar-refractivity contribution in [1.29, 1.82) is 0 Å². The Hall–Kier alpha value is -0.370. The lowest BCUT2D eigenvalue weighted by atomic mass is 10.0. The van der Waals surface area contributed by atoms with Gasteiger partial charge in [0.05, 0.1) is 0 Å². The highest BCUT2D eigenvalue weighted by Gasteiger charge is 2.09. The first-order chi connectivity index (χ1) is 7.22. The molecule has 0 aliphatic carbocycles. The zero-order chi connectivity index (χ0) is 11.5. The maximum Gasteiger partial charge on any atom is 0.136 e. The molecule has 0 aromatic carbocycles. The maximum absolute atomic E-state index is 11.4. The number of nitrogens with two attached hydrogens (primary N) is 1. The molecule has 0 bridgehead atoms. The van der Waals surface area contributed by atoms with Crippen molar-refractivity contribution >= 4 is 5.78 Å². The number of unbranched alkanes of at least 4 members (excludes halogenated alkanes) is 6. The molecule has 0 aliphatic rings.